The summed E-state index contributed by atoms with van der Waals surface area (Å²) in [6.45, 7) is 3.82. The zero-order chi connectivity index (χ0) is 19.2. The lowest BCUT2D eigenvalue weighted by Gasteiger charge is -2.20. The van der Waals surface area contributed by atoms with E-state index in [4.69, 9.17) is 5.73 Å². The van der Waals surface area contributed by atoms with Crippen LogP contribution in [0.1, 0.15) is 42.5 Å². The molecule has 0 aromatic heterocycles. The second kappa shape index (κ2) is 8.82. The maximum atomic E-state index is 12.4. The molecule has 0 saturated carbocycles. The third kappa shape index (κ3) is 4.95. The lowest BCUT2D eigenvalue weighted by Crippen LogP contribution is -2.35. The summed E-state index contributed by atoms with van der Waals surface area (Å²) in [5, 5.41) is 2.97. The summed E-state index contributed by atoms with van der Waals surface area (Å²) in [5.41, 5.74) is 9.32. The van der Waals surface area contributed by atoms with Gasteiger partial charge in [0.1, 0.15) is 0 Å². The molecule has 5 heteroatoms. The van der Waals surface area contributed by atoms with Gasteiger partial charge in [-0.25, -0.2) is 0 Å². The van der Waals surface area contributed by atoms with E-state index in [0.29, 0.717) is 19.5 Å². The van der Waals surface area contributed by atoms with Gasteiger partial charge in [-0.3, -0.25) is 9.59 Å². The fraction of sp³-hybridized carbons (Fsp3) is 0.364. The molecule has 0 spiro atoms. The number of nitrogens with one attached hydrogen (secondary N) is 1. The van der Waals surface area contributed by atoms with E-state index in [0.717, 1.165) is 29.7 Å². The molecule has 2 atom stereocenters. The highest BCUT2D eigenvalue weighted by atomic mass is 16.2. The SMILES string of the molecule is CC(C(=O)NCc1ccc(CN2CCCC2=O)cc1)C(N)c1ccccc1. The lowest BCUT2D eigenvalue weighted by atomic mass is 9.94. The van der Waals surface area contributed by atoms with Crippen LogP contribution >= 0.6 is 0 Å². The Labute approximate surface area is 160 Å². The summed E-state index contributed by atoms with van der Waals surface area (Å²) in [4.78, 5) is 26.0. The van der Waals surface area contributed by atoms with Gasteiger partial charge >= 0.3 is 0 Å². The Kier molecular flexibility index (Phi) is 6.24. The fourth-order valence-electron chi connectivity index (χ4n) is 3.33. The Morgan fingerprint density at radius 1 is 1.11 bits per heavy atom. The third-order valence-corrected chi connectivity index (χ3v) is 5.17. The number of hydrogen-bond donors (Lipinski definition) is 2. The molecule has 1 aliphatic heterocycles. The van der Waals surface area contributed by atoms with E-state index in [1.165, 1.54) is 0 Å². The van der Waals surface area contributed by atoms with Crippen LogP contribution in [0.25, 0.3) is 0 Å². The molecule has 1 fully saturated rings. The highest BCUT2D eigenvalue weighted by Crippen LogP contribution is 2.19. The van der Waals surface area contributed by atoms with Crippen LogP contribution in [0.3, 0.4) is 0 Å². The molecule has 2 unspecified atom stereocenters. The largest absolute Gasteiger partial charge is 0.352 e. The van der Waals surface area contributed by atoms with E-state index in [9.17, 15) is 9.59 Å². The van der Waals surface area contributed by atoms with Crippen LogP contribution in [0.2, 0.25) is 0 Å². The first-order valence-electron chi connectivity index (χ1n) is 9.48. The number of rotatable bonds is 7. The first kappa shape index (κ1) is 19.1. The van der Waals surface area contributed by atoms with Gasteiger partial charge in [0, 0.05) is 32.1 Å². The predicted molar refractivity (Wildman–Crippen MR) is 105 cm³/mol. The second-order valence-corrected chi connectivity index (χ2v) is 7.18. The minimum Gasteiger partial charge on any atom is -0.352 e. The Bertz CT molecular complexity index is 774. The minimum atomic E-state index is -0.327. The van der Waals surface area contributed by atoms with Crippen molar-refractivity contribution < 1.29 is 9.59 Å². The maximum absolute atomic E-state index is 12.4. The monoisotopic (exact) mass is 365 g/mol. The molecular weight excluding hydrogens is 338 g/mol. The summed E-state index contributed by atoms with van der Waals surface area (Å²) in [5.74, 6) is -0.138. The molecule has 1 aliphatic rings. The standard InChI is InChI=1S/C22H27N3O2/c1-16(21(23)19-6-3-2-4-7-19)22(27)24-14-17-9-11-18(12-10-17)15-25-13-5-8-20(25)26/h2-4,6-7,9-12,16,21H,5,8,13-15,23H2,1H3,(H,24,27). The molecule has 2 aromatic rings. The number of hydrogen-bond acceptors (Lipinski definition) is 3. The normalized spacial score (nSPS) is 16.2. The van der Waals surface area contributed by atoms with Gasteiger partial charge in [-0.15, -0.1) is 0 Å². The Hall–Kier alpha value is -2.66. The molecular formula is C22H27N3O2. The third-order valence-electron chi connectivity index (χ3n) is 5.17. The van der Waals surface area contributed by atoms with Gasteiger partial charge in [-0.05, 0) is 23.1 Å². The van der Waals surface area contributed by atoms with E-state index in [1.807, 2.05) is 66.4 Å². The van der Waals surface area contributed by atoms with E-state index in [-0.39, 0.29) is 23.8 Å². The number of carbonyl (C=O) groups is 2. The zero-order valence-corrected chi connectivity index (χ0v) is 15.7. The lowest BCUT2D eigenvalue weighted by molar-refractivity contribution is -0.128. The molecule has 142 valence electrons. The van der Waals surface area contributed by atoms with E-state index in [1.54, 1.807) is 0 Å². The van der Waals surface area contributed by atoms with Crippen molar-refractivity contribution in [3.05, 3.63) is 71.3 Å². The van der Waals surface area contributed by atoms with Crippen LogP contribution in [0.5, 0.6) is 0 Å². The Morgan fingerprint density at radius 2 is 1.78 bits per heavy atom. The van der Waals surface area contributed by atoms with Crippen molar-refractivity contribution in [3.63, 3.8) is 0 Å². The topological polar surface area (TPSA) is 75.4 Å². The summed E-state index contributed by atoms with van der Waals surface area (Å²) in [6, 6.07) is 17.4. The highest BCUT2D eigenvalue weighted by Gasteiger charge is 2.22. The number of nitrogens with zero attached hydrogens (tertiary/aromatic N) is 1. The summed E-state index contributed by atoms with van der Waals surface area (Å²) >= 11 is 0. The van der Waals surface area contributed by atoms with Gasteiger partial charge in [0.25, 0.3) is 0 Å². The van der Waals surface area contributed by atoms with Crippen LogP contribution in [-0.4, -0.2) is 23.3 Å². The van der Waals surface area contributed by atoms with E-state index in [2.05, 4.69) is 5.32 Å². The van der Waals surface area contributed by atoms with Crippen molar-refractivity contribution in [3.8, 4) is 0 Å². The molecule has 3 N–H and O–H groups in total. The van der Waals surface area contributed by atoms with Crippen LogP contribution in [-0.2, 0) is 22.7 Å². The van der Waals surface area contributed by atoms with Crippen molar-refractivity contribution in [2.24, 2.45) is 11.7 Å². The van der Waals surface area contributed by atoms with Crippen molar-refractivity contribution in [1.82, 2.24) is 10.2 Å². The van der Waals surface area contributed by atoms with Crippen molar-refractivity contribution >= 4 is 11.8 Å². The molecule has 0 aliphatic carbocycles. The smallest absolute Gasteiger partial charge is 0.225 e. The van der Waals surface area contributed by atoms with Gasteiger partial charge in [0.15, 0.2) is 0 Å². The highest BCUT2D eigenvalue weighted by molar-refractivity contribution is 5.79. The fourth-order valence-corrected chi connectivity index (χ4v) is 3.33. The summed E-state index contributed by atoms with van der Waals surface area (Å²) < 4.78 is 0. The molecule has 3 rings (SSSR count). The molecule has 1 heterocycles. The van der Waals surface area contributed by atoms with Crippen molar-refractivity contribution in [1.29, 1.82) is 0 Å². The number of carbonyl (C=O) groups excluding carboxylic acids is 2. The van der Waals surface area contributed by atoms with E-state index >= 15 is 0 Å². The number of benzene rings is 2. The summed E-state index contributed by atoms with van der Waals surface area (Å²) in [7, 11) is 0. The predicted octanol–water partition coefficient (Wildman–Crippen LogP) is 2.76. The van der Waals surface area contributed by atoms with Gasteiger partial charge in [0.2, 0.25) is 11.8 Å². The van der Waals surface area contributed by atoms with Gasteiger partial charge < -0.3 is 16.0 Å². The average molecular weight is 365 g/mol. The molecule has 0 bridgehead atoms. The number of nitrogens with two attached hydrogens (primary N) is 1. The van der Waals surface area contributed by atoms with Crippen LogP contribution in [0, 0.1) is 5.92 Å². The quantitative estimate of drug-likeness (QED) is 0.792. The van der Waals surface area contributed by atoms with Gasteiger partial charge in [-0.1, -0.05) is 61.5 Å². The zero-order valence-electron chi connectivity index (χ0n) is 15.7. The Morgan fingerprint density at radius 3 is 2.41 bits per heavy atom. The Balaban J connectivity index is 1.50. The van der Waals surface area contributed by atoms with Crippen LogP contribution in [0.4, 0.5) is 0 Å². The molecule has 0 radical (unpaired) electrons. The molecule has 5 nitrogen and oxygen atoms in total. The molecule has 2 amide bonds. The van der Waals surface area contributed by atoms with Crippen molar-refractivity contribution in [2.45, 2.75) is 38.9 Å². The van der Waals surface area contributed by atoms with E-state index < -0.39 is 0 Å². The van der Waals surface area contributed by atoms with Gasteiger partial charge in [-0.2, -0.15) is 0 Å². The summed E-state index contributed by atoms with van der Waals surface area (Å²) in [6.07, 6.45) is 1.61. The first-order valence-corrected chi connectivity index (χ1v) is 9.48. The molecule has 1 saturated heterocycles. The molecule has 2 aromatic carbocycles. The van der Waals surface area contributed by atoms with Gasteiger partial charge in [0.05, 0.1) is 5.92 Å². The van der Waals surface area contributed by atoms with Crippen LogP contribution < -0.4 is 11.1 Å². The van der Waals surface area contributed by atoms with Crippen molar-refractivity contribution in [2.75, 3.05) is 6.54 Å². The average Bonchev–Trinajstić information content (AvgIpc) is 3.11. The second-order valence-electron chi connectivity index (χ2n) is 7.18. The first-order chi connectivity index (χ1) is 13.0. The minimum absolute atomic E-state index is 0.0573. The van der Waals surface area contributed by atoms with Crippen LogP contribution in [0.15, 0.2) is 54.6 Å². The maximum Gasteiger partial charge on any atom is 0.225 e. The number of amides is 2. The number of likely N-dealkylation sites (tertiary alicyclic amines) is 1. The molecule has 27 heavy (non-hydrogen) atoms.